The molecule has 29 heavy (non-hydrogen) atoms. The second-order valence-electron chi connectivity index (χ2n) is 7.17. The summed E-state index contributed by atoms with van der Waals surface area (Å²) in [5.41, 5.74) is 2.98. The Labute approximate surface area is 170 Å². The fourth-order valence-electron chi connectivity index (χ4n) is 2.93. The van der Waals surface area contributed by atoms with Gasteiger partial charge in [-0.25, -0.2) is 4.68 Å². The molecule has 6 nitrogen and oxygen atoms in total. The minimum absolute atomic E-state index is 0.302. The molecule has 0 saturated heterocycles. The van der Waals surface area contributed by atoms with Crippen LogP contribution in [0.25, 0.3) is 11.3 Å². The molecule has 0 fully saturated rings. The third-order valence-corrected chi connectivity index (χ3v) is 4.80. The zero-order valence-electron chi connectivity index (χ0n) is 17.0. The average Bonchev–Trinajstić information content (AvgIpc) is 2.74. The molecule has 0 radical (unpaired) electrons. The van der Waals surface area contributed by atoms with Gasteiger partial charge in [0, 0.05) is 17.3 Å². The van der Waals surface area contributed by atoms with Gasteiger partial charge in [-0.2, -0.15) is 5.10 Å². The Bertz CT molecular complexity index is 1040. The van der Waals surface area contributed by atoms with Gasteiger partial charge in [0.2, 0.25) is 5.91 Å². The second kappa shape index (κ2) is 8.73. The zero-order valence-corrected chi connectivity index (χ0v) is 17.0. The molecule has 1 amide bonds. The lowest BCUT2D eigenvalue weighted by atomic mass is 10.0. The smallest absolute Gasteiger partial charge is 0.267 e. The minimum Gasteiger partial charge on any atom is -0.497 e. The number of aromatic nitrogens is 2. The van der Waals surface area contributed by atoms with Gasteiger partial charge in [0.25, 0.3) is 5.56 Å². The fraction of sp³-hybridized carbons (Fsp3) is 0.261. The number of benzene rings is 2. The lowest BCUT2D eigenvalue weighted by Crippen LogP contribution is -2.33. The normalized spacial score (nSPS) is 11.9. The van der Waals surface area contributed by atoms with Gasteiger partial charge in [-0.1, -0.05) is 26.0 Å². The molecule has 1 aromatic heterocycles. The number of anilines is 1. The number of hydrogen-bond donors (Lipinski definition) is 1. The van der Waals surface area contributed by atoms with Crippen LogP contribution in [0, 0.1) is 0 Å². The van der Waals surface area contributed by atoms with Gasteiger partial charge in [-0.3, -0.25) is 9.59 Å². The van der Waals surface area contributed by atoms with Crippen molar-refractivity contribution >= 4 is 11.6 Å². The van der Waals surface area contributed by atoms with E-state index in [1.165, 1.54) is 16.3 Å². The Kier molecular flexibility index (Phi) is 6.12. The molecule has 3 aromatic rings. The van der Waals surface area contributed by atoms with Crippen molar-refractivity contribution in [1.29, 1.82) is 0 Å². The quantitative estimate of drug-likeness (QED) is 0.682. The van der Waals surface area contributed by atoms with E-state index in [-0.39, 0.29) is 11.5 Å². The number of hydrogen-bond acceptors (Lipinski definition) is 4. The maximum absolute atomic E-state index is 12.7. The van der Waals surface area contributed by atoms with Crippen LogP contribution in [-0.4, -0.2) is 22.8 Å². The molecule has 0 aliphatic heterocycles. The Morgan fingerprint density at radius 1 is 0.966 bits per heavy atom. The van der Waals surface area contributed by atoms with Gasteiger partial charge < -0.3 is 10.1 Å². The predicted octanol–water partition coefficient (Wildman–Crippen LogP) is 4.24. The van der Waals surface area contributed by atoms with Gasteiger partial charge in [0.15, 0.2) is 0 Å². The Morgan fingerprint density at radius 2 is 1.62 bits per heavy atom. The van der Waals surface area contributed by atoms with Crippen molar-refractivity contribution in [2.24, 2.45) is 0 Å². The first-order valence-corrected chi connectivity index (χ1v) is 9.54. The van der Waals surface area contributed by atoms with Gasteiger partial charge >= 0.3 is 0 Å². The van der Waals surface area contributed by atoms with Crippen LogP contribution in [0.4, 0.5) is 5.69 Å². The molecule has 1 unspecified atom stereocenters. The van der Waals surface area contributed by atoms with Gasteiger partial charge in [-0.05, 0) is 60.9 Å². The van der Waals surface area contributed by atoms with Crippen LogP contribution in [-0.2, 0) is 4.79 Å². The summed E-state index contributed by atoms with van der Waals surface area (Å²) < 4.78 is 6.37. The molecule has 0 aliphatic rings. The molecule has 0 bridgehead atoms. The lowest BCUT2D eigenvalue weighted by Gasteiger charge is -2.15. The third kappa shape index (κ3) is 4.71. The minimum atomic E-state index is -0.759. The van der Waals surface area contributed by atoms with E-state index in [2.05, 4.69) is 24.3 Å². The van der Waals surface area contributed by atoms with Crippen LogP contribution in [0.2, 0.25) is 0 Å². The number of nitrogens with zero attached hydrogens (tertiary/aromatic N) is 2. The van der Waals surface area contributed by atoms with Crippen LogP contribution < -0.4 is 15.6 Å². The van der Waals surface area contributed by atoms with Crippen LogP contribution in [0.5, 0.6) is 5.75 Å². The second-order valence-corrected chi connectivity index (χ2v) is 7.17. The summed E-state index contributed by atoms with van der Waals surface area (Å²) in [6, 6.07) is 17.4. The van der Waals surface area contributed by atoms with Gasteiger partial charge in [-0.15, -0.1) is 0 Å². The number of nitrogens with one attached hydrogen (secondary N) is 1. The van der Waals surface area contributed by atoms with Crippen molar-refractivity contribution in [2.75, 3.05) is 12.4 Å². The molecule has 1 N–H and O–H groups in total. The Morgan fingerprint density at radius 3 is 2.21 bits per heavy atom. The summed E-state index contributed by atoms with van der Waals surface area (Å²) in [4.78, 5) is 25.0. The first-order chi connectivity index (χ1) is 13.9. The number of ether oxygens (including phenoxy) is 1. The van der Waals surface area contributed by atoms with Crippen molar-refractivity contribution in [3.05, 3.63) is 76.6 Å². The average molecular weight is 391 g/mol. The maximum Gasteiger partial charge on any atom is 0.267 e. The number of rotatable bonds is 6. The standard InChI is InChI=1S/C23H25N3O3/c1-15(2)17-5-9-19(10-6-17)24-23(28)16(3)26-22(27)14-13-21(25-26)18-7-11-20(29-4)12-8-18/h5-16H,1-4H3,(H,24,28). The molecule has 6 heteroatoms. The van der Waals surface area contributed by atoms with Crippen LogP contribution in [0.1, 0.15) is 38.3 Å². The van der Waals surface area contributed by atoms with Crippen molar-refractivity contribution in [2.45, 2.75) is 32.7 Å². The summed E-state index contributed by atoms with van der Waals surface area (Å²) >= 11 is 0. The van der Waals surface area contributed by atoms with Crippen LogP contribution in [0.15, 0.2) is 65.5 Å². The fourth-order valence-corrected chi connectivity index (χ4v) is 2.93. The number of carbonyl (C=O) groups excluding carboxylic acids is 1. The summed E-state index contributed by atoms with van der Waals surface area (Å²) in [5.74, 6) is 0.851. The monoisotopic (exact) mass is 391 g/mol. The highest BCUT2D eigenvalue weighted by Gasteiger charge is 2.18. The van der Waals surface area contributed by atoms with E-state index >= 15 is 0 Å². The first kappa shape index (κ1) is 20.3. The highest BCUT2D eigenvalue weighted by molar-refractivity contribution is 5.93. The third-order valence-electron chi connectivity index (χ3n) is 4.80. The summed E-state index contributed by atoms with van der Waals surface area (Å²) in [6.45, 7) is 5.89. The van der Waals surface area contributed by atoms with Crippen molar-refractivity contribution in [3.8, 4) is 17.0 Å². The summed E-state index contributed by atoms with van der Waals surface area (Å²) in [7, 11) is 1.60. The molecule has 150 valence electrons. The molecule has 2 aromatic carbocycles. The van der Waals surface area contributed by atoms with E-state index < -0.39 is 6.04 Å². The molecular weight excluding hydrogens is 366 g/mol. The number of carbonyl (C=O) groups is 1. The molecule has 0 aliphatic carbocycles. The Balaban J connectivity index is 1.81. The van der Waals surface area contributed by atoms with E-state index in [4.69, 9.17) is 4.74 Å². The highest BCUT2D eigenvalue weighted by Crippen LogP contribution is 2.21. The van der Waals surface area contributed by atoms with Crippen molar-refractivity contribution in [1.82, 2.24) is 9.78 Å². The largest absolute Gasteiger partial charge is 0.497 e. The lowest BCUT2D eigenvalue weighted by molar-refractivity contribution is -0.119. The molecule has 1 atom stereocenters. The summed E-state index contributed by atoms with van der Waals surface area (Å²) in [6.07, 6.45) is 0. The van der Waals surface area contributed by atoms with E-state index in [1.807, 2.05) is 48.5 Å². The van der Waals surface area contributed by atoms with E-state index in [0.29, 0.717) is 17.3 Å². The van der Waals surface area contributed by atoms with Crippen molar-refractivity contribution < 1.29 is 9.53 Å². The van der Waals surface area contributed by atoms with Crippen LogP contribution in [0.3, 0.4) is 0 Å². The van der Waals surface area contributed by atoms with E-state index in [9.17, 15) is 9.59 Å². The molecule has 0 spiro atoms. The Hall–Kier alpha value is -3.41. The molecule has 1 heterocycles. The topological polar surface area (TPSA) is 73.2 Å². The zero-order chi connectivity index (χ0) is 21.0. The molecule has 0 saturated carbocycles. The SMILES string of the molecule is COc1ccc(-c2ccc(=O)n(C(C)C(=O)Nc3ccc(C(C)C)cc3)n2)cc1. The van der Waals surface area contributed by atoms with Gasteiger partial charge in [0.1, 0.15) is 11.8 Å². The van der Waals surface area contributed by atoms with E-state index in [0.717, 1.165) is 11.3 Å². The number of amides is 1. The number of methoxy groups -OCH3 is 1. The molecule has 3 rings (SSSR count). The van der Waals surface area contributed by atoms with Gasteiger partial charge in [0.05, 0.1) is 12.8 Å². The summed E-state index contributed by atoms with van der Waals surface area (Å²) in [5, 5.41) is 7.25. The maximum atomic E-state index is 12.7. The highest BCUT2D eigenvalue weighted by atomic mass is 16.5. The first-order valence-electron chi connectivity index (χ1n) is 9.54. The van der Waals surface area contributed by atoms with E-state index in [1.54, 1.807) is 20.1 Å². The van der Waals surface area contributed by atoms with Crippen molar-refractivity contribution in [3.63, 3.8) is 0 Å². The van der Waals surface area contributed by atoms with Crippen LogP contribution >= 0.6 is 0 Å². The predicted molar refractivity (Wildman–Crippen MR) is 114 cm³/mol. The molecular formula is C23H25N3O3.